The van der Waals surface area contributed by atoms with Crippen LogP contribution in [-0.2, 0) is 4.79 Å². The maximum Gasteiger partial charge on any atom is 0.303 e. The minimum Gasteiger partial charge on any atom is -0.481 e. The van der Waals surface area contributed by atoms with Crippen molar-refractivity contribution in [2.75, 3.05) is 0 Å². The second kappa shape index (κ2) is 4.94. The van der Waals surface area contributed by atoms with Crippen molar-refractivity contribution in [1.82, 2.24) is 0 Å². The van der Waals surface area contributed by atoms with Gasteiger partial charge in [-0.15, -0.1) is 0 Å². The van der Waals surface area contributed by atoms with Gasteiger partial charge in [0.05, 0.1) is 11.3 Å². The lowest BCUT2D eigenvalue weighted by molar-refractivity contribution is -0.384. The molecule has 0 bridgehead atoms. The Morgan fingerprint density at radius 2 is 2.25 bits per heavy atom. The normalized spacial score (nSPS) is 12.1. The van der Waals surface area contributed by atoms with Crippen molar-refractivity contribution in [1.29, 1.82) is 0 Å². The van der Waals surface area contributed by atoms with Gasteiger partial charge in [0.25, 0.3) is 5.69 Å². The summed E-state index contributed by atoms with van der Waals surface area (Å²) in [6.45, 7) is 1.70. The summed E-state index contributed by atoms with van der Waals surface area (Å²) in [7, 11) is 0. The van der Waals surface area contributed by atoms with Gasteiger partial charge in [-0.25, -0.2) is 0 Å². The molecule has 0 saturated carbocycles. The topological polar surface area (TPSA) is 80.4 Å². The van der Waals surface area contributed by atoms with Gasteiger partial charge in [0.15, 0.2) is 0 Å². The fraction of sp³-hybridized carbons (Fsp3) is 0.300. The molecule has 1 rings (SSSR count). The van der Waals surface area contributed by atoms with E-state index < -0.39 is 10.9 Å². The van der Waals surface area contributed by atoms with Crippen molar-refractivity contribution in [3.8, 4) is 0 Å². The molecule has 0 fully saturated rings. The van der Waals surface area contributed by atoms with Gasteiger partial charge in [-0.1, -0.05) is 24.6 Å². The van der Waals surface area contributed by atoms with E-state index >= 15 is 0 Å². The molecule has 0 amide bonds. The zero-order valence-corrected chi connectivity index (χ0v) is 9.27. The molecule has 0 aliphatic carbocycles. The molecule has 0 radical (unpaired) electrons. The number of hydrogen-bond acceptors (Lipinski definition) is 3. The predicted molar refractivity (Wildman–Crippen MR) is 58.8 cm³/mol. The summed E-state index contributed by atoms with van der Waals surface area (Å²) < 4.78 is 0. The Balaban J connectivity index is 3.02. The molecule has 1 atom stereocenters. The molecule has 0 aliphatic heterocycles. The van der Waals surface area contributed by atoms with E-state index in [1.54, 1.807) is 13.0 Å². The summed E-state index contributed by atoms with van der Waals surface area (Å²) in [5.74, 6) is -1.22. The first-order valence-corrected chi connectivity index (χ1v) is 4.95. The molecule has 1 N–H and O–H groups in total. The first kappa shape index (κ1) is 12.4. The van der Waals surface area contributed by atoms with E-state index in [1.165, 1.54) is 12.1 Å². The molecule has 86 valence electrons. The molecule has 0 heterocycles. The number of nitrogens with zero attached hydrogens (tertiary/aromatic N) is 1. The average Bonchev–Trinajstić information content (AvgIpc) is 2.16. The van der Waals surface area contributed by atoms with Crippen LogP contribution in [0.5, 0.6) is 0 Å². The fourth-order valence-electron chi connectivity index (χ4n) is 1.36. The number of halogens is 1. The number of benzene rings is 1. The Hall–Kier alpha value is -1.62. The highest BCUT2D eigenvalue weighted by Crippen LogP contribution is 2.29. The second-order valence-electron chi connectivity index (χ2n) is 3.47. The van der Waals surface area contributed by atoms with Gasteiger partial charge in [0, 0.05) is 6.07 Å². The van der Waals surface area contributed by atoms with Gasteiger partial charge in [-0.3, -0.25) is 14.9 Å². The van der Waals surface area contributed by atoms with Crippen LogP contribution in [0.2, 0.25) is 5.02 Å². The van der Waals surface area contributed by atoms with Crippen LogP contribution >= 0.6 is 11.6 Å². The van der Waals surface area contributed by atoms with Crippen molar-refractivity contribution >= 4 is 23.3 Å². The van der Waals surface area contributed by atoms with Crippen molar-refractivity contribution in [3.63, 3.8) is 0 Å². The molecule has 1 aromatic carbocycles. The molecule has 1 unspecified atom stereocenters. The number of rotatable bonds is 4. The summed E-state index contributed by atoms with van der Waals surface area (Å²) in [4.78, 5) is 20.5. The monoisotopic (exact) mass is 243 g/mol. The highest BCUT2D eigenvalue weighted by molar-refractivity contribution is 6.32. The number of carboxylic acids is 1. The summed E-state index contributed by atoms with van der Waals surface area (Å²) >= 11 is 5.64. The maximum atomic E-state index is 10.6. The maximum absolute atomic E-state index is 10.6. The number of carboxylic acid groups (broad SMARTS) is 1. The van der Waals surface area contributed by atoms with Crippen LogP contribution in [0.4, 0.5) is 5.69 Å². The lowest BCUT2D eigenvalue weighted by atomic mass is 9.97. The highest BCUT2D eigenvalue weighted by atomic mass is 35.5. The highest BCUT2D eigenvalue weighted by Gasteiger charge is 2.17. The first-order chi connectivity index (χ1) is 7.41. The molecule has 16 heavy (non-hydrogen) atoms. The van der Waals surface area contributed by atoms with E-state index in [0.29, 0.717) is 5.56 Å². The fourth-order valence-corrected chi connectivity index (χ4v) is 1.54. The average molecular weight is 244 g/mol. The van der Waals surface area contributed by atoms with Crippen molar-refractivity contribution in [2.24, 2.45) is 0 Å². The van der Waals surface area contributed by atoms with E-state index in [-0.39, 0.29) is 23.0 Å². The van der Waals surface area contributed by atoms with Crippen LogP contribution in [0.15, 0.2) is 18.2 Å². The van der Waals surface area contributed by atoms with Crippen molar-refractivity contribution in [2.45, 2.75) is 19.3 Å². The number of nitro groups is 1. The summed E-state index contributed by atoms with van der Waals surface area (Å²) in [5.41, 5.74) is 0.398. The second-order valence-corrected chi connectivity index (χ2v) is 3.87. The van der Waals surface area contributed by atoms with Crippen molar-refractivity contribution in [3.05, 3.63) is 38.9 Å². The largest absolute Gasteiger partial charge is 0.481 e. The lowest BCUT2D eigenvalue weighted by Crippen LogP contribution is -2.03. The zero-order valence-electron chi connectivity index (χ0n) is 8.51. The van der Waals surface area contributed by atoms with Crippen LogP contribution in [0.3, 0.4) is 0 Å². The molecular weight excluding hydrogens is 234 g/mol. The number of aliphatic carboxylic acids is 1. The Bertz CT molecular complexity index is 433. The summed E-state index contributed by atoms with van der Waals surface area (Å²) in [6, 6.07) is 4.33. The molecular formula is C10H10ClNO4. The van der Waals surface area contributed by atoms with Crippen LogP contribution in [0.25, 0.3) is 0 Å². The third-order valence-electron chi connectivity index (χ3n) is 2.22. The van der Waals surface area contributed by atoms with Crippen LogP contribution in [0, 0.1) is 10.1 Å². The molecule has 6 heteroatoms. The van der Waals surface area contributed by atoms with Gasteiger partial charge in [0.2, 0.25) is 0 Å². The first-order valence-electron chi connectivity index (χ1n) is 4.57. The summed E-state index contributed by atoms with van der Waals surface area (Å²) in [5, 5.41) is 19.3. The minimum absolute atomic E-state index is 0.0521. The van der Waals surface area contributed by atoms with E-state index in [2.05, 4.69) is 0 Å². The Morgan fingerprint density at radius 3 is 2.75 bits per heavy atom. The molecule has 0 aliphatic rings. The zero-order chi connectivity index (χ0) is 12.3. The van der Waals surface area contributed by atoms with Crippen LogP contribution < -0.4 is 0 Å². The van der Waals surface area contributed by atoms with Gasteiger partial charge >= 0.3 is 5.97 Å². The van der Waals surface area contributed by atoms with E-state index in [0.717, 1.165) is 0 Å². The van der Waals surface area contributed by atoms with Gasteiger partial charge in [-0.05, 0) is 17.5 Å². The number of hydrogen-bond donors (Lipinski definition) is 1. The minimum atomic E-state index is -0.940. The van der Waals surface area contributed by atoms with E-state index in [4.69, 9.17) is 16.7 Å². The Labute approximate surface area is 96.8 Å². The predicted octanol–water partition coefficient (Wildman–Crippen LogP) is 2.83. The molecule has 5 nitrogen and oxygen atoms in total. The third-order valence-corrected chi connectivity index (χ3v) is 2.54. The standard InChI is InChI=1S/C10H10ClNO4/c1-6(4-10(13)14)7-2-3-8(11)9(5-7)12(15)16/h2-3,5-6H,4H2,1H3,(H,13,14). The van der Waals surface area contributed by atoms with Crippen molar-refractivity contribution < 1.29 is 14.8 Å². The smallest absolute Gasteiger partial charge is 0.303 e. The summed E-state index contributed by atoms with van der Waals surface area (Å²) in [6.07, 6.45) is -0.0706. The Morgan fingerprint density at radius 1 is 1.62 bits per heavy atom. The quantitative estimate of drug-likeness (QED) is 0.651. The van der Waals surface area contributed by atoms with Gasteiger partial charge in [-0.2, -0.15) is 0 Å². The number of nitro benzene ring substituents is 1. The van der Waals surface area contributed by atoms with Gasteiger partial charge < -0.3 is 5.11 Å². The van der Waals surface area contributed by atoms with Gasteiger partial charge in [0.1, 0.15) is 5.02 Å². The lowest BCUT2D eigenvalue weighted by Gasteiger charge is -2.08. The SMILES string of the molecule is CC(CC(=O)O)c1ccc(Cl)c([N+](=O)[O-])c1. The Kier molecular flexibility index (Phi) is 3.84. The third kappa shape index (κ3) is 2.93. The molecule has 0 aromatic heterocycles. The van der Waals surface area contributed by atoms with Crippen LogP contribution in [-0.4, -0.2) is 16.0 Å². The number of carbonyl (C=O) groups is 1. The molecule has 0 saturated heterocycles. The molecule has 1 aromatic rings. The van der Waals surface area contributed by atoms with Crippen LogP contribution in [0.1, 0.15) is 24.8 Å². The molecule has 0 spiro atoms. The van der Waals surface area contributed by atoms with E-state index in [1.807, 2.05) is 0 Å². The van der Waals surface area contributed by atoms with E-state index in [9.17, 15) is 14.9 Å².